The van der Waals surface area contributed by atoms with E-state index in [2.05, 4.69) is 252 Å². The van der Waals surface area contributed by atoms with E-state index in [1.165, 1.54) is 27.4 Å². The SMILES string of the molecule is CC(C)(C)c1cc(-c2ccccc2)c(-n2c(-c3[c-]oc4cc5ccc(-c6ccccc6)cc5cc34)nc3ccccc32)c(-c2ccccc2)c1.CC(C)Cc1cc(-c2[c-]cccc2)ncc1[Si](C)(C)C.[Ir]. The summed E-state index contributed by atoms with van der Waals surface area (Å²) in [5.41, 5.74) is 16.4. The molecular weight excluding hydrogens is 1060 g/mol. The zero-order valence-electron chi connectivity index (χ0n) is 41.8. The minimum atomic E-state index is -1.34. The maximum Gasteiger partial charge on any atom is 0.0798 e. The molecule has 0 aliphatic heterocycles. The molecule has 0 aliphatic rings. The monoisotopic (exact) mass is 1120 g/mol. The zero-order valence-corrected chi connectivity index (χ0v) is 45.2. The molecule has 8 aromatic carbocycles. The molecule has 0 N–H and O–H groups in total. The molecule has 6 heteroatoms. The van der Waals surface area contributed by atoms with Crippen molar-refractivity contribution in [3.8, 4) is 61.7 Å². The molecule has 3 heterocycles. The largest absolute Gasteiger partial charge is 0.557 e. The van der Waals surface area contributed by atoms with Gasteiger partial charge in [-0.1, -0.05) is 204 Å². The van der Waals surface area contributed by atoms with Crippen molar-refractivity contribution < 1.29 is 24.5 Å². The summed E-state index contributed by atoms with van der Waals surface area (Å²) < 4.78 is 8.56. The number of rotatable bonds is 9. The van der Waals surface area contributed by atoms with E-state index in [1.807, 2.05) is 18.2 Å². The van der Waals surface area contributed by atoms with Crippen LogP contribution in [0.5, 0.6) is 0 Å². The summed E-state index contributed by atoms with van der Waals surface area (Å²) >= 11 is 0. The Bertz CT molecular complexity index is 3540. The second kappa shape index (κ2) is 20.4. The van der Waals surface area contributed by atoms with Crippen molar-refractivity contribution in [3.63, 3.8) is 0 Å². The molecule has 0 atom stereocenters. The average Bonchev–Trinajstić information content (AvgIpc) is 3.96. The van der Waals surface area contributed by atoms with E-state index in [1.54, 1.807) is 0 Å². The molecule has 0 fully saturated rings. The van der Waals surface area contributed by atoms with Crippen LogP contribution >= 0.6 is 0 Å². The normalized spacial score (nSPS) is 11.7. The van der Waals surface area contributed by atoms with Gasteiger partial charge in [-0.3, -0.25) is 4.98 Å². The van der Waals surface area contributed by atoms with E-state index < -0.39 is 8.07 Å². The average molecular weight is 1120 g/mol. The summed E-state index contributed by atoms with van der Waals surface area (Å²) in [6, 6.07) is 69.6. The standard InChI is InChI=1S/C47H35N2O.C18H24NSi.Ir/c1-47(2,3)37-28-38(32-17-9-5-10-18-32)45(39(29-37)33-19-11-6-12-20-33)49-43-22-14-13-21-42(43)48-46(49)41-30-50-44-27-35-24-23-34(25-36(35)26-40(41)44)31-15-7-4-8-16-31;1-14(2)11-16-12-17(15-9-7-6-8-10-15)19-13-18(16)20(3,4)5;/h4-29H,1-3H3;6-9,12-14H,11H2,1-5H3;/q2*-1;. The van der Waals surface area contributed by atoms with Crippen molar-refractivity contribution in [3.05, 3.63) is 218 Å². The molecule has 0 saturated carbocycles. The number of furan rings is 1. The third-order valence-corrected chi connectivity index (χ3v) is 15.2. The second-order valence-electron chi connectivity index (χ2n) is 20.9. The number of pyridine rings is 1. The molecule has 355 valence electrons. The van der Waals surface area contributed by atoms with Gasteiger partial charge in [0.1, 0.15) is 0 Å². The third-order valence-electron chi connectivity index (χ3n) is 13.1. The van der Waals surface area contributed by atoms with Crippen molar-refractivity contribution in [1.82, 2.24) is 14.5 Å². The number of aromatic nitrogens is 3. The molecule has 1 radical (unpaired) electrons. The van der Waals surface area contributed by atoms with Gasteiger partial charge in [0.05, 0.1) is 30.6 Å². The minimum absolute atomic E-state index is 0. The van der Waals surface area contributed by atoms with Crippen LogP contribution in [-0.2, 0) is 31.9 Å². The summed E-state index contributed by atoms with van der Waals surface area (Å²) in [7, 11) is -1.34. The van der Waals surface area contributed by atoms with Gasteiger partial charge in [0.15, 0.2) is 0 Å². The Kier molecular flexibility index (Phi) is 14.1. The first-order chi connectivity index (χ1) is 33.8. The Hall–Kier alpha value is -6.95. The first-order valence-electron chi connectivity index (χ1n) is 24.5. The third kappa shape index (κ3) is 10.3. The van der Waals surface area contributed by atoms with Crippen LogP contribution in [0.25, 0.3) is 94.5 Å². The number of hydrogen-bond donors (Lipinski definition) is 0. The van der Waals surface area contributed by atoms with E-state index in [0.717, 1.165) is 89.8 Å². The van der Waals surface area contributed by atoms with Crippen LogP contribution < -0.4 is 5.19 Å². The maximum atomic E-state index is 6.23. The van der Waals surface area contributed by atoms with Gasteiger partial charge >= 0.3 is 0 Å². The molecular formula is C65H59IrN3OSi-2. The smallest absolute Gasteiger partial charge is 0.0798 e. The quantitative estimate of drug-likeness (QED) is 0.107. The first kappa shape index (κ1) is 49.0. The molecule has 0 spiro atoms. The molecule has 0 saturated heterocycles. The summed E-state index contributed by atoms with van der Waals surface area (Å²) in [6.07, 6.45) is 6.56. The number of nitrogens with zero attached hydrogens (tertiary/aromatic N) is 3. The van der Waals surface area contributed by atoms with E-state index in [-0.39, 0.29) is 25.5 Å². The number of benzene rings is 8. The van der Waals surface area contributed by atoms with Crippen LogP contribution in [0.15, 0.2) is 199 Å². The van der Waals surface area contributed by atoms with E-state index >= 15 is 0 Å². The fourth-order valence-electron chi connectivity index (χ4n) is 9.58. The minimum Gasteiger partial charge on any atom is -0.557 e. The maximum absolute atomic E-state index is 6.23. The van der Waals surface area contributed by atoms with Gasteiger partial charge in [0.2, 0.25) is 0 Å². The van der Waals surface area contributed by atoms with Gasteiger partial charge in [-0.05, 0) is 97.6 Å². The molecule has 11 rings (SSSR count). The molecule has 71 heavy (non-hydrogen) atoms. The van der Waals surface area contributed by atoms with Crippen molar-refractivity contribution in [2.24, 2.45) is 5.92 Å². The topological polar surface area (TPSA) is 43.9 Å². The molecule has 0 bridgehead atoms. The van der Waals surface area contributed by atoms with Gasteiger partial charge in [-0.15, -0.1) is 35.9 Å². The first-order valence-corrected chi connectivity index (χ1v) is 28.0. The fourth-order valence-corrected chi connectivity index (χ4v) is 11.2. The van der Waals surface area contributed by atoms with Gasteiger partial charge in [0, 0.05) is 49.3 Å². The Morgan fingerprint density at radius 1 is 0.634 bits per heavy atom. The van der Waals surface area contributed by atoms with Crippen LogP contribution in [-0.4, -0.2) is 22.6 Å². The second-order valence-corrected chi connectivity index (χ2v) is 25.9. The van der Waals surface area contributed by atoms with Gasteiger partial charge in [0.25, 0.3) is 0 Å². The molecule has 4 nitrogen and oxygen atoms in total. The van der Waals surface area contributed by atoms with Crippen molar-refractivity contribution in [1.29, 1.82) is 0 Å². The molecule has 0 aliphatic carbocycles. The summed E-state index contributed by atoms with van der Waals surface area (Å²) in [6.45, 7) is 18.6. The Morgan fingerprint density at radius 3 is 1.86 bits per heavy atom. The Morgan fingerprint density at radius 2 is 1.25 bits per heavy atom. The molecule has 11 aromatic rings. The predicted octanol–water partition coefficient (Wildman–Crippen LogP) is 17.0. The Balaban J connectivity index is 0.000000251. The van der Waals surface area contributed by atoms with Crippen LogP contribution in [0.1, 0.15) is 45.7 Å². The van der Waals surface area contributed by atoms with Crippen LogP contribution in [0, 0.1) is 18.2 Å². The predicted molar refractivity (Wildman–Crippen MR) is 298 cm³/mol. The van der Waals surface area contributed by atoms with Crippen molar-refractivity contribution >= 4 is 46.0 Å². The number of imidazole rings is 1. The van der Waals surface area contributed by atoms with E-state index in [4.69, 9.17) is 9.40 Å². The van der Waals surface area contributed by atoms with E-state index in [0.29, 0.717) is 5.92 Å². The van der Waals surface area contributed by atoms with Gasteiger partial charge in [-0.25, -0.2) is 0 Å². The van der Waals surface area contributed by atoms with Gasteiger partial charge in [-0.2, -0.15) is 0 Å². The van der Waals surface area contributed by atoms with Crippen LogP contribution in [0.3, 0.4) is 0 Å². The fraction of sp³-hybridized carbons (Fsp3) is 0.169. The molecule has 3 aromatic heterocycles. The van der Waals surface area contributed by atoms with Crippen LogP contribution in [0.2, 0.25) is 19.6 Å². The van der Waals surface area contributed by atoms with Crippen molar-refractivity contribution in [2.75, 3.05) is 0 Å². The summed E-state index contributed by atoms with van der Waals surface area (Å²) in [5.74, 6) is 1.46. The van der Waals surface area contributed by atoms with E-state index in [9.17, 15) is 0 Å². The number of fused-ring (bicyclic) bond motifs is 3. The van der Waals surface area contributed by atoms with Gasteiger partial charge < -0.3 is 14.0 Å². The summed E-state index contributed by atoms with van der Waals surface area (Å²) in [4.78, 5) is 10.0. The zero-order chi connectivity index (χ0) is 48.6. The number of hydrogen-bond acceptors (Lipinski definition) is 3. The molecule has 0 amide bonds. The number of para-hydroxylation sites is 2. The Labute approximate surface area is 433 Å². The van der Waals surface area contributed by atoms with Crippen molar-refractivity contribution in [2.45, 2.75) is 66.1 Å². The molecule has 0 unspecified atom stereocenters. The van der Waals surface area contributed by atoms with Crippen LogP contribution in [0.4, 0.5) is 0 Å². The summed E-state index contributed by atoms with van der Waals surface area (Å²) in [5, 5.41) is 4.73.